The maximum atomic E-state index is 15.2. The molecule has 2 N–H and O–H groups in total. The van der Waals surface area contributed by atoms with Crippen molar-refractivity contribution < 1.29 is 58.5 Å². The first-order valence-electron chi connectivity index (χ1n) is 13.0. The lowest BCUT2D eigenvalue weighted by molar-refractivity contribution is -0.274. The molecule has 240 valence electrons. The highest BCUT2D eigenvalue weighted by Gasteiger charge is 2.34. The van der Waals surface area contributed by atoms with Gasteiger partial charge < -0.3 is 14.6 Å². The molecular weight excluding hydrogens is 624 g/mol. The summed E-state index contributed by atoms with van der Waals surface area (Å²) in [5.74, 6) is -1.48. The third-order valence-electron chi connectivity index (χ3n) is 6.58. The number of nitrogens with one attached hydrogen (secondary N) is 1. The van der Waals surface area contributed by atoms with Gasteiger partial charge in [-0.3, -0.25) is 5.32 Å². The Bertz CT molecular complexity index is 1570. The second-order valence-electron chi connectivity index (χ2n) is 9.74. The van der Waals surface area contributed by atoms with Crippen molar-refractivity contribution in [2.75, 3.05) is 6.61 Å². The van der Waals surface area contributed by atoms with Crippen molar-refractivity contribution in [2.45, 2.75) is 37.4 Å². The fourth-order valence-electron chi connectivity index (χ4n) is 4.40. The zero-order valence-electron chi connectivity index (χ0n) is 22.8. The Morgan fingerprint density at radius 3 is 1.84 bits per heavy atom. The smallest absolute Gasteiger partial charge is 0.489 e. The van der Waals surface area contributed by atoms with Gasteiger partial charge in [-0.15, -0.1) is 13.2 Å². The maximum absolute atomic E-state index is 15.2. The third-order valence-corrected chi connectivity index (χ3v) is 6.58. The molecule has 0 aliphatic carbocycles. The molecule has 4 rings (SSSR count). The zero-order chi connectivity index (χ0) is 33.0. The van der Waals surface area contributed by atoms with Crippen LogP contribution in [-0.4, -0.2) is 18.1 Å². The van der Waals surface area contributed by atoms with Gasteiger partial charge in [-0.2, -0.15) is 26.3 Å². The number of benzene rings is 4. The zero-order valence-corrected chi connectivity index (χ0v) is 22.8. The van der Waals surface area contributed by atoms with Crippen molar-refractivity contribution in [1.29, 1.82) is 0 Å². The first-order valence-corrected chi connectivity index (χ1v) is 13.0. The minimum atomic E-state index is -4.86. The van der Waals surface area contributed by atoms with E-state index in [1.165, 1.54) is 36.4 Å². The van der Waals surface area contributed by atoms with Crippen LogP contribution >= 0.6 is 0 Å². The van der Waals surface area contributed by atoms with E-state index in [1.54, 1.807) is 0 Å². The van der Waals surface area contributed by atoms with Crippen LogP contribution in [-0.2, 0) is 19.0 Å². The van der Waals surface area contributed by atoms with E-state index in [9.17, 15) is 44.6 Å². The van der Waals surface area contributed by atoms with Gasteiger partial charge in [-0.25, -0.2) is 4.39 Å². The minimum Gasteiger partial charge on any atom is -0.489 e. The fourth-order valence-corrected chi connectivity index (χ4v) is 4.40. The molecule has 4 nitrogen and oxygen atoms in total. The van der Waals surface area contributed by atoms with Crippen molar-refractivity contribution in [3.8, 4) is 11.5 Å². The van der Waals surface area contributed by atoms with E-state index in [4.69, 9.17) is 4.74 Å². The highest BCUT2D eigenvalue weighted by Crippen LogP contribution is 2.36. The Hall–Kier alpha value is -4.30. The third kappa shape index (κ3) is 9.11. The predicted octanol–water partition coefficient (Wildman–Crippen LogP) is 8.75. The normalized spacial score (nSPS) is 13.8. The Balaban J connectivity index is 1.63. The van der Waals surface area contributed by atoms with Crippen LogP contribution in [0.4, 0.5) is 43.9 Å². The van der Waals surface area contributed by atoms with Crippen molar-refractivity contribution >= 4 is 0 Å². The van der Waals surface area contributed by atoms with E-state index >= 15 is 4.39 Å². The molecule has 0 amide bonds. The van der Waals surface area contributed by atoms with Gasteiger partial charge in [0.2, 0.25) is 0 Å². The average Bonchev–Trinajstić information content (AvgIpc) is 2.96. The Morgan fingerprint density at radius 2 is 1.29 bits per heavy atom. The first kappa shape index (κ1) is 33.6. The maximum Gasteiger partial charge on any atom is 0.573 e. The molecular formula is C31H23F10NO3. The van der Waals surface area contributed by atoms with Crippen LogP contribution < -0.4 is 14.8 Å². The van der Waals surface area contributed by atoms with Crippen LogP contribution in [0, 0.1) is 5.82 Å². The van der Waals surface area contributed by atoms with Gasteiger partial charge in [0.15, 0.2) is 0 Å². The van der Waals surface area contributed by atoms with Crippen LogP contribution in [0.1, 0.15) is 45.5 Å². The summed E-state index contributed by atoms with van der Waals surface area (Å²) in [7, 11) is 0. The summed E-state index contributed by atoms with van der Waals surface area (Å²) in [5.41, 5.74) is -1.54. The molecule has 0 aliphatic heterocycles. The molecule has 0 radical (unpaired) electrons. The lowest BCUT2D eigenvalue weighted by Gasteiger charge is -2.27. The summed E-state index contributed by atoms with van der Waals surface area (Å²) < 4.78 is 141. The molecule has 0 fully saturated rings. The molecule has 45 heavy (non-hydrogen) atoms. The SMILES string of the molecule is OCC(NC(c1cccc(OCc2ccc(OC(F)(F)F)cc2)c1)c1ccc(C(F)(F)F)cc1F)c1ccc(C(F)(F)F)cc1. The van der Waals surface area contributed by atoms with E-state index in [0.29, 0.717) is 17.7 Å². The van der Waals surface area contributed by atoms with Gasteiger partial charge in [0.05, 0.1) is 29.8 Å². The summed E-state index contributed by atoms with van der Waals surface area (Å²) in [6, 6.07) is 14.2. The van der Waals surface area contributed by atoms with E-state index in [0.717, 1.165) is 42.5 Å². The molecule has 0 spiro atoms. The number of hydrogen-bond acceptors (Lipinski definition) is 4. The average molecular weight is 648 g/mol. The van der Waals surface area contributed by atoms with E-state index in [-0.39, 0.29) is 29.0 Å². The lowest BCUT2D eigenvalue weighted by atomic mass is 9.94. The molecule has 0 heterocycles. The van der Waals surface area contributed by atoms with Crippen LogP contribution in [0.25, 0.3) is 0 Å². The quantitative estimate of drug-likeness (QED) is 0.169. The van der Waals surface area contributed by atoms with Gasteiger partial charge in [-0.05, 0) is 65.2 Å². The number of halogens is 10. The Morgan fingerprint density at radius 1 is 0.667 bits per heavy atom. The number of ether oxygens (including phenoxy) is 2. The highest BCUT2D eigenvalue weighted by atomic mass is 19.4. The first-order chi connectivity index (χ1) is 21.0. The molecule has 0 saturated carbocycles. The Labute approximate surface area is 249 Å². The topological polar surface area (TPSA) is 50.7 Å². The van der Waals surface area contributed by atoms with Gasteiger partial charge in [-0.1, -0.05) is 42.5 Å². The van der Waals surface area contributed by atoms with Crippen LogP contribution in [0.15, 0.2) is 91.0 Å². The van der Waals surface area contributed by atoms with E-state index in [1.807, 2.05) is 0 Å². The molecule has 0 bridgehead atoms. The predicted molar refractivity (Wildman–Crippen MR) is 142 cm³/mol. The standard InChI is InChI=1S/C31H23F10NO3/c32-26-15-22(30(36,37)38)10-13-25(26)28(42-27(16-43)19-6-8-21(9-7-19)29(33,34)35)20-2-1-3-24(14-20)44-17-18-4-11-23(12-5-18)45-31(39,40)41/h1-15,27-28,42-43H,16-17H2. The molecule has 4 aromatic carbocycles. The molecule has 0 aromatic heterocycles. The van der Waals surface area contributed by atoms with E-state index in [2.05, 4.69) is 10.1 Å². The largest absolute Gasteiger partial charge is 0.573 e. The number of aliphatic hydroxyl groups is 1. The summed E-state index contributed by atoms with van der Waals surface area (Å²) in [5, 5.41) is 13.0. The van der Waals surface area contributed by atoms with Crippen molar-refractivity contribution in [2.24, 2.45) is 0 Å². The van der Waals surface area contributed by atoms with Crippen LogP contribution in [0.5, 0.6) is 11.5 Å². The second kappa shape index (κ2) is 13.4. The fraction of sp³-hybridized carbons (Fsp3) is 0.226. The monoisotopic (exact) mass is 647 g/mol. The van der Waals surface area contributed by atoms with Gasteiger partial charge in [0, 0.05) is 5.56 Å². The summed E-state index contributed by atoms with van der Waals surface area (Å²) >= 11 is 0. The summed E-state index contributed by atoms with van der Waals surface area (Å²) in [6.45, 7) is -0.790. The number of hydrogen-bond donors (Lipinski definition) is 2. The molecule has 0 aliphatic rings. The minimum absolute atomic E-state index is 0.118. The number of rotatable bonds is 10. The molecule has 4 aromatic rings. The van der Waals surface area contributed by atoms with Gasteiger partial charge in [0.25, 0.3) is 0 Å². The van der Waals surface area contributed by atoms with Crippen molar-refractivity contribution in [3.63, 3.8) is 0 Å². The molecule has 2 unspecified atom stereocenters. The van der Waals surface area contributed by atoms with Crippen LogP contribution in [0.2, 0.25) is 0 Å². The molecule has 2 atom stereocenters. The number of aliphatic hydroxyl groups excluding tert-OH is 1. The van der Waals surface area contributed by atoms with Crippen molar-refractivity contribution in [1.82, 2.24) is 5.32 Å². The summed E-state index contributed by atoms with van der Waals surface area (Å²) in [4.78, 5) is 0. The van der Waals surface area contributed by atoms with Crippen molar-refractivity contribution in [3.05, 3.63) is 130 Å². The van der Waals surface area contributed by atoms with Gasteiger partial charge >= 0.3 is 18.7 Å². The van der Waals surface area contributed by atoms with E-state index < -0.39 is 60.1 Å². The molecule has 14 heteroatoms. The summed E-state index contributed by atoms with van der Waals surface area (Å²) in [6.07, 6.45) is -14.3. The van der Waals surface area contributed by atoms with Gasteiger partial charge in [0.1, 0.15) is 23.9 Å². The highest BCUT2D eigenvalue weighted by molar-refractivity contribution is 5.40. The second-order valence-corrected chi connectivity index (χ2v) is 9.74. The molecule has 0 saturated heterocycles. The Kier molecular flexibility index (Phi) is 9.98. The number of alkyl halides is 9. The lowest BCUT2D eigenvalue weighted by Crippen LogP contribution is -2.30. The van der Waals surface area contributed by atoms with Crippen LogP contribution in [0.3, 0.4) is 0 Å².